The fourth-order valence-electron chi connectivity index (χ4n) is 4.81. The predicted molar refractivity (Wildman–Crippen MR) is 137 cm³/mol. The van der Waals surface area contributed by atoms with Crippen LogP contribution in [0.3, 0.4) is 0 Å². The molecule has 4 aromatic rings. The van der Waals surface area contributed by atoms with Gasteiger partial charge in [0.2, 0.25) is 0 Å². The molecule has 11 heteroatoms. The standard InChI is InChI=1S/C26H28N8O3/c1-17-23(35)24(36)26(37-17)33-14-21(19-5-3-2-4-6-19)22-13-32(16-27-25(22)33)30-20-9-7-18(8-10-20)11-12-34-29-15-28-31-34/h2-10,14-17,23-24,26,30,35-36H,11-13H2,1H3/t17-,23-,24-,26-/m1/s1. The maximum atomic E-state index is 10.6. The number of fused-ring (bicyclic) bond motifs is 1. The number of anilines is 1. The van der Waals surface area contributed by atoms with Gasteiger partial charge in [0.05, 0.1) is 24.9 Å². The van der Waals surface area contributed by atoms with Gasteiger partial charge in [-0.3, -0.25) is 10.4 Å². The first-order chi connectivity index (χ1) is 18.1. The largest absolute Gasteiger partial charge is 0.388 e. The van der Waals surface area contributed by atoms with Crippen molar-refractivity contribution in [2.45, 2.75) is 51.0 Å². The summed E-state index contributed by atoms with van der Waals surface area (Å²) >= 11 is 0. The quantitative estimate of drug-likeness (QED) is 0.354. The third kappa shape index (κ3) is 4.59. The van der Waals surface area contributed by atoms with E-state index in [0.717, 1.165) is 28.8 Å². The molecular formula is C26H28N8O3. The smallest absolute Gasteiger partial charge is 0.164 e. The normalized spacial score (nSPS) is 22.8. The molecule has 37 heavy (non-hydrogen) atoms. The number of aromatic nitrogens is 5. The molecule has 1 saturated heterocycles. The van der Waals surface area contributed by atoms with Crippen molar-refractivity contribution >= 4 is 17.8 Å². The number of aliphatic hydroxyl groups is 2. The summed E-state index contributed by atoms with van der Waals surface area (Å²) in [5.74, 6) is 0.708. The number of aliphatic imine (C=N–C) groups is 1. The van der Waals surface area contributed by atoms with E-state index in [4.69, 9.17) is 9.73 Å². The van der Waals surface area contributed by atoms with Gasteiger partial charge in [-0.2, -0.15) is 4.80 Å². The number of aryl methyl sites for hydroxylation is 2. The summed E-state index contributed by atoms with van der Waals surface area (Å²) in [6.07, 6.45) is 2.75. The summed E-state index contributed by atoms with van der Waals surface area (Å²) in [4.78, 5) is 6.30. The number of aliphatic hydroxyl groups excluding tert-OH is 2. The van der Waals surface area contributed by atoms with Crippen LogP contribution in [0.5, 0.6) is 0 Å². The van der Waals surface area contributed by atoms with Gasteiger partial charge in [0.15, 0.2) is 12.6 Å². The number of benzene rings is 2. The van der Waals surface area contributed by atoms with Crippen LogP contribution in [0.15, 0.2) is 72.1 Å². The summed E-state index contributed by atoms with van der Waals surface area (Å²) in [6.45, 7) is 2.98. The van der Waals surface area contributed by atoms with Gasteiger partial charge in [-0.15, -0.1) is 10.2 Å². The van der Waals surface area contributed by atoms with E-state index in [1.165, 1.54) is 11.9 Å². The summed E-state index contributed by atoms with van der Waals surface area (Å²) < 4.78 is 7.75. The number of hydrogen-bond acceptors (Lipinski definition) is 9. The van der Waals surface area contributed by atoms with Crippen LogP contribution in [0.25, 0.3) is 11.1 Å². The van der Waals surface area contributed by atoms with Gasteiger partial charge in [0, 0.05) is 17.3 Å². The molecule has 0 unspecified atom stereocenters. The zero-order valence-electron chi connectivity index (χ0n) is 20.3. The lowest BCUT2D eigenvalue weighted by atomic mass is 10.0. The second-order valence-electron chi connectivity index (χ2n) is 9.29. The average Bonchev–Trinajstić information content (AvgIpc) is 3.64. The van der Waals surface area contributed by atoms with Gasteiger partial charge in [-0.05, 0) is 41.8 Å². The van der Waals surface area contributed by atoms with Gasteiger partial charge in [0.1, 0.15) is 24.4 Å². The van der Waals surface area contributed by atoms with E-state index >= 15 is 0 Å². The van der Waals surface area contributed by atoms with Crippen LogP contribution < -0.4 is 5.43 Å². The monoisotopic (exact) mass is 500 g/mol. The van der Waals surface area contributed by atoms with E-state index in [-0.39, 0.29) is 0 Å². The van der Waals surface area contributed by atoms with Gasteiger partial charge in [0.25, 0.3) is 0 Å². The van der Waals surface area contributed by atoms with Crippen LogP contribution in [0, 0.1) is 0 Å². The molecule has 0 bridgehead atoms. The lowest BCUT2D eigenvalue weighted by molar-refractivity contribution is -0.0308. The Balaban J connectivity index is 1.22. The van der Waals surface area contributed by atoms with Crippen molar-refractivity contribution in [3.8, 4) is 11.1 Å². The third-order valence-corrected chi connectivity index (χ3v) is 6.81. The predicted octanol–water partition coefficient (Wildman–Crippen LogP) is 2.53. The SMILES string of the molecule is C[C@H]1O[C@@H](n2cc(-c3ccccc3)c3c2N=CN(Nc2ccc(CCn4ncnn4)cc2)C3)[C@H](O)[C@@H]1O. The Hall–Kier alpha value is -4.06. The van der Waals surface area contributed by atoms with Crippen molar-refractivity contribution in [1.29, 1.82) is 0 Å². The summed E-state index contributed by atoms with van der Waals surface area (Å²) in [6, 6.07) is 18.3. The Morgan fingerprint density at radius 1 is 1.05 bits per heavy atom. The van der Waals surface area contributed by atoms with E-state index in [0.29, 0.717) is 18.9 Å². The zero-order valence-corrected chi connectivity index (χ0v) is 20.3. The molecule has 190 valence electrons. The number of ether oxygens (including phenoxy) is 1. The Labute approximate surface area is 213 Å². The number of rotatable bonds is 7. The highest BCUT2D eigenvalue weighted by molar-refractivity contribution is 5.77. The number of nitrogens with one attached hydrogen (secondary N) is 1. The highest BCUT2D eigenvalue weighted by Crippen LogP contribution is 2.41. The summed E-state index contributed by atoms with van der Waals surface area (Å²) in [5, 5.41) is 34.5. The van der Waals surface area contributed by atoms with E-state index < -0.39 is 24.5 Å². The molecule has 3 N–H and O–H groups in total. The Morgan fingerprint density at radius 3 is 2.57 bits per heavy atom. The van der Waals surface area contributed by atoms with Crippen molar-refractivity contribution < 1.29 is 14.9 Å². The second kappa shape index (κ2) is 9.77. The maximum absolute atomic E-state index is 10.6. The molecule has 2 aliphatic rings. The molecule has 4 heterocycles. The average molecular weight is 501 g/mol. The van der Waals surface area contributed by atoms with Gasteiger partial charge in [-0.1, -0.05) is 42.5 Å². The lowest BCUT2D eigenvalue weighted by Gasteiger charge is -2.26. The van der Waals surface area contributed by atoms with Gasteiger partial charge >= 0.3 is 0 Å². The first-order valence-corrected chi connectivity index (χ1v) is 12.2. The minimum atomic E-state index is -1.04. The number of nitrogens with zero attached hydrogens (tertiary/aromatic N) is 7. The summed E-state index contributed by atoms with van der Waals surface area (Å²) in [5.41, 5.74) is 8.57. The molecule has 6 rings (SSSR count). The van der Waals surface area contributed by atoms with Crippen LogP contribution in [0.1, 0.15) is 24.3 Å². The van der Waals surface area contributed by atoms with E-state index in [9.17, 15) is 10.2 Å². The Bertz CT molecular complexity index is 1370. The minimum absolute atomic E-state index is 0.473. The number of hydrogen-bond donors (Lipinski definition) is 3. The lowest BCUT2D eigenvalue weighted by Crippen LogP contribution is -2.31. The molecule has 2 aromatic carbocycles. The van der Waals surface area contributed by atoms with Gasteiger partial charge < -0.3 is 19.5 Å². The molecule has 1 fully saturated rings. The van der Waals surface area contributed by atoms with Crippen LogP contribution in [-0.2, 0) is 24.2 Å². The van der Waals surface area contributed by atoms with Crippen LogP contribution in [-0.4, -0.2) is 64.6 Å². The zero-order chi connectivity index (χ0) is 25.4. The number of tetrazole rings is 1. The molecule has 0 spiro atoms. The van der Waals surface area contributed by atoms with Crippen LogP contribution in [0.4, 0.5) is 11.5 Å². The second-order valence-corrected chi connectivity index (χ2v) is 9.29. The maximum Gasteiger partial charge on any atom is 0.164 e. The fraction of sp³-hybridized carbons (Fsp3) is 0.308. The molecular weight excluding hydrogens is 472 g/mol. The summed E-state index contributed by atoms with van der Waals surface area (Å²) in [7, 11) is 0. The molecule has 0 aliphatic carbocycles. The Kier molecular flexibility index (Phi) is 6.16. The van der Waals surface area contributed by atoms with Crippen molar-refractivity contribution in [2.75, 3.05) is 5.43 Å². The van der Waals surface area contributed by atoms with Crippen molar-refractivity contribution in [3.63, 3.8) is 0 Å². The first kappa shape index (κ1) is 23.3. The highest BCUT2D eigenvalue weighted by atomic mass is 16.6. The van der Waals surface area contributed by atoms with E-state index in [2.05, 4.69) is 33.0 Å². The van der Waals surface area contributed by atoms with Crippen molar-refractivity contribution in [2.24, 2.45) is 4.99 Å². The molecule has 0 amide bonds. The molecule has 4 atom stereocenters. The van der Waals surface area contributed by atoms with Crippen molar-refractivity contribution in [3.05, 3.63) is 78.2 Å². The van der Waals surface area contributed by atoms with Gasteiger partial charge in [-0.25, -0.2) is 4.99 Å². The highest BCUT2D eigenvalue weighted by Gasteiger charge is 2.42. The molecule has 2 aromatic heterocycles. The molecule has 2 aliphatic heterocycles. The molecule has 0 radical (unpaired) electrons. The topological polar surface area (TPSA) is 126 Å². The molecule has 0 saturated carbocycles. The fourth-order valence-corrected chi connectivity index (χ4v) is 4.81. The third-order valence-electron chi connectivity index (χ3n) is 6.81. The Morgan fingerprint density at radius 2 is 1.86 bits per heavy atom. The van der Waals surface area contributed by atoms with Crippen molar-refractivity contribution in [1.82, 2.24) is 29.8 Å². The number of hydrazine groups is 1. The first-order valence-electron chi connectivity index (χ1n) is 12.2. The van der Waals surface area contributed by atoms with E-state index in [1.807, 2.05) is 58.2 Å². The van der Waals surface area contributed by atoms with Crippen LogP contribution in [0.2, 0.25) is 0 Å². The minimum Gasteiger partial charge on any atom is -0.388 e. The van der Waals surface area contributed by atoms with Crippen LogP contribution >= 0.6 is 0 Å². The molecule has 11 nitrogen and oxygen atoms in total. The van der Waals surface area contributed by atoms with E-state index in [1.54, 1.807) is 18.1 Å².